The van der Waals surface area contributed by atoms with Crippen LogP contribution in [0, 0.1) is 18.7 Å². The van der Waals surface area contributed by atoms with Crippen molar-refractivity contribution >= 4 is 34.2 Å². The molecule has 254 valence electrons. The molecule has 2 aromatic carbocycles. The van der Waals surface area contributed by atoms with Gasteiger partial charge in [-0.3, -0.25) is 19.0 Å². The minimum absolute atomic E-state index is 0.0139. The Balaban J connectivity index is 1.05. The van der Waals surface area contributed by atoms with E-state index in [-0.39, 0.29) is 41.6 Å². The smallest absolute Gasteiger partial charge is 0.265 e. The summed E-state index contributed by atoms with van der Waals surface area (Å²) in [6, 6.07) is 18.0. The lowest BCUT2D eigenvalue weighted by atomic mass is 9.79. The third-order valence-corrected chi connectivity index (χ3v) is 11.3. The van der Waals surface area contributed by atoms with E-state index in [9.17, 15) is 23.9 Å². The summed E-state index contributed by atoms with van der Waals surface area (Å²) in [4.78, 5) is 54.3. The Kier molecular flexibility index (Phi) is 8.93. The molecule has 5 aromatic rings. The number of rotatable bonds is 7. The summed E-state index contributed by atoms with van der Waals surface area (Å²) in [7, 11) is 0. The van der Waals surface area contributed by atoms with Gasteiger partial charge in [0.1, 0.15) is 27.7 Å². The number of benzene rings is 2. The Labute approximate surface area is 287 Å². The maximum atomic E-state index is 14.5. The van der Waals surface area contributed by atoms with Crippen LogP contribution in [0.3, 0.4) is 0 Å². The van der Waals surface area contributed by atoms with E-state index in [1.54, 1.807) is 36.1 Å². The summed E-state index contributed by atoms with van der Waals surface area (Å²) >= 11 is 1.19. The van der Waals surface area contributed by atoms with E-state index in [1.165, 1.54) is 28.3 Å². The number of carbonyl (C=O) groups excluding carboxylic acids is 2. The fraction of sp³-hybridized carbons (Fsp3) is 0.378. The van der Waals surface area contributed by atoms with E-state index >= 15 is 0 Å². The second kappa shape index (κ2) is 13.3. The molecule has 2 aliphatic rings. The second-order valence-corrected chi connectivity index (χ2v) is 14.1. The molecule has 7 rings (SSSR count). The molecule has 2 atom stereocenters. The highest BCUT2D eigenvalue weighted by molar-refractivity contribution is 7.17. The normalized spacial score (nSPS) is 19.3. The summed E-state index contributed by atoms with van der Waals surface area (Å²) in [5.74, 6) is -1.10. The molecule has 0 unspecified atom stereocenters. The molecule has 5 heterocycles. The monoisotopic (exact) mass is 682 g/mol. The van der Waals surface area contributed by atoms with Crippen LogP contribution in [0.25, 0.3) is 21.6 Å². The van der Waals surface area contributed by atoms with Crippen molar-refractivity contribution in [3.63, 3.8) is 0 Å². The number of halogens is 1. The summed E-state index contributed by atoms with van der Waals surface area (Å²) in [5, 5.41) is 12.5. The predicted octanol–water partition coefficient (Wildman–Crippen LogP) is 5.09. The number of likely N-dealkylation sites (tertiary alicyclic amines) is 2. The van der Waals surface area contributed by atoms with Crippen LogP contribution in [0.2, 0.25) is 0 Å². The Hall–Kier alpha value is -4.68. The van der Waals surface area contributed by atoms with Crippen molar-refractivity contribution in [3.8, 4) is 10.6 Å². The van der Waals surface area contributed by atoms with Gasteiger partial charge in [-0.25, -0.2) is 14.4 Å². The highest BCUT2D eigenvalue weighted by atomic mass is 32.1. The Morgan fingerprint density at radius 3 is 2.47 bits per heavy atom. The van der Waals surface area contributed by atoms with Crippen LogP contribution in [0.1, 0.15) is 53.0 Å². The summed E-state index contributed by atoms with van der Waals surface area (Å²) < 4.78 is 17.9. The van der Waals surface area contributed by atoms with E-state index in [4.69, 9.17) is 0 Å². The van der Waals surface area contributed by atoms with Gasteiger partial charge in [0.25, 0.3) is 11.5 Å². The fourth-order valence-corrected chi connectivity index (χ4v) is 8.35. The number of hydrogen-bond acceptors (Lipinski definition) is 7. The van der Waals surface area contributed by atoms with Gasteiger partial charge in [-0.15, -0.1) is 11.3 Å². The maximum absolute atomic E-state index is 14.5. The second-order valence-electron chi connectivity index (χ2n) is 13.1. The van der Waals surface area contributed by atoms with Gasteiger partial charge >= 0.3 is 0 Å². The number of aliphatic hydroxyl groups is 1. The molecule has 0 radical (unpaired) electrons. The Bertz CT molecular complexity index is 2070. The van der Waals surface area contributed by atoms with Gasteiger partial charge in [-0.2, -0.15) is 0 Å². The van der Waals surface area contributed by atoms with Crippen LogP contribution in [-0.2, 0) is 17.9 Å². The van der Waals surface area contributed by atoms with Gasteiger partial charge in [0.05, 0.1) is 23.2 Å². The third-order valence-electron chi connectivity index (χ3n) is 10.1. The third kappa shape index (κ3) is 6.30. The molecule has 0 aliphatic carbocycles. The quantitative estimate of drug-likeness (QED) is 0.256. The molecular formula is C37H39FN6O4S. The van der Waals surface area contributed by atoms with Crippen molar-refractivity contribution in [3.05, 3.63) is 105 Å². The number of hydrogen-bond donors (Lipinski definition) is 1. The molecule has 3 aromatic heterocycles. The van der Waals surface area contributed by atoms with Crippen molar-refractivity contribution in [2.75, 3.05) is 26.2 Å². The summed E-state index contributed by atoms with van der Waals surface area (Å²) in [6.07, 6.45) is 4.50. The number of amides is 2. The van der Waals surface area contributed by atoms with Crippen molar-refractivity contribution in [1.29, 1.82) is 0 Å². The molecule has 2 fully saturated rings. The number of aromatic nitrogens is 4. The SMILES string of the molecule is CCn1ccc2c(=O)n(CC3(O)CCN(C(=O)[C@@H]4CCN(C(=O)c5sc(-c6ccccc6F)nc5C)C[C@H]4c4ccccc4)CC3)cnc21. The highest BCUT2D eigenvalue weighted by Gasteiger charge is 2.42. The molecular weight excluding hydrogens is 644 g/mol. The number of nitrogens with zero attached hydrogens (tertiary/aromatic N) is 6. The van der Waals surface area contributed by atoms with Gasteiger partial charge < -0.3 is 19.5 Å². The molecule has 2 amide bonds. The number of carbonyl (C=O) groups is 2. The van der Waals surface area contributed by atoms with Gasteiger partial charge in [-0.1, -0.05) is 42.5 Å². The first-order chi connectivity index (χ1) is 23.7. The van der Waals surface area contributed by atoms with Crippen LogP contribution in [0.15, 0.2) is 78.0 Å². The number of piperidine rings is 2. The van der Waals surface area contributed by atoms with Crippen molar-refractivity contribution in [2.24, 2.45) is 5.92 Å². The predicted molar refractivity (Wildman–Crippen MR) is 186 cm³/mol. The standard InChI is InChI=1S/C37H39FN6O4S/c1-3-41-17-14-28-32(41)39-23-44(35(28)46)22-37(48)15-19-42(20-16-37)34(45)26-13-18-43(21-29(26)25-9-5-4-6-10-25)36(47)31-24(2)40-33(49-31)27-11-7-8-12-30(27)38/h4-12,14,17,23,26,29,48H,3,13,15-16,18-22H2,1-2H3/t26-,29+/m1/s1. The Morgan fingerprint density at radius 1 is 1.00 bits per heavy atom. The molecule has 10 nitrogen and oxygen atoms in total. The number of aryl methyl sites for hydroxylation is 2. The average molecular weight is 683 g/mol. The Morgan fingerprint density at radius 2 is 1.73 bits per heavy atom. The van der Waals surface area contributed by atoms with Crippen molar-refractivity contribution in [1.82, 2.24) is 28.9 Å². The molecule has 0 bridgehead atoms. The summed E-state index contributed by atoms with van der Waals surface area (Å²) in [6.45, 7) is 6.07. The summed E-state index contributed by atoms with van der Waals surface area (Å²) in [5.41, 5.74) is 1.21. The van der Waals surface area contributed by atoms with Crippen LogP contribution >= 0.6 is 11.3 Å². The first-order valence-corrected chi connectivity index (χ1v) is 17.6. The average Bonchev–Trinajstić information content (AvgIpc) is 3.73. The van der Waals surface area contributed by atoms with Crippen LogP contribution < -0.4 is 5.56 Å². The lowest BCUT2D eigenvalue weighted by Gasteiger charge is -2.43. The van der Waals surface area contributed by atoms with Crippen LogP contribution in [0.5, 0.6) is 0 Å². The van der Waals surface area contributed by atoms with Crippen LogP contribution in [-0.4, -0.2) is 77.6 Å². The molecule has 0 spiro atoms. The molecule has 2 saturated heterocycles. The molecule has 0 saturated carbocycles. The zero-order valence-electron chi connectivity index (χ0n) is 27.6. The first kappa shape index (κ1) is 32.8. The number of fused-ring (bicyclic) bond motifs is 1. The fourth-order valence-electron chi connectivity index (χ4n) is 7.29. The largest absolute Gasteiger partial charge is 0.388 e. The minimum Gasteiger partial charge on any atom is -0.388 e. The topological polar surface area (TPSA) is 114 Å². The van der Waals surface area contributed by atoms with Gasteiger partial charge in [-0.05, 0) is 56.9 Å². The van der Waals surface area contributed by atoms with Gasteiger partial charge in [0.2, 0.25) is 5.91 Å². The minimum atomic E-state index is -1.15. The van der Waals surface area contributed by atoms with E-state index < -0.39 is 5.60 Å². The molecule has 12 heteroatoms. The first-order valence-electron chi connectivity index (χ1n) is 16.8. The van der Waals surface area contributed by atoms with Crippen molar-refractivity contribution in [2.45, 2.75) is 57.7 Å². The number of thiazole rings is 1. The molecule has 49 heavy (non-hydrogen) atoms. The van der Waals surface area contributed by atoms with E-state index in [2.05, 4.69) is 9.97 Å². The highest BCUT2D eigenvalue weighted by Crippen LogP contribution is 2.37. The lowest BCUT2D eigenvalue weighted by molar-refractivity contribution is -0.142. The van der Waals surface area contributed by atoms with Gasteiger partial charge in [0, 0.05) is 56.3 Å². The van der Waals surface area contributed by atoms with E-state index in [0.717, 1.165) is 5.56 Å². The maximum Gasteiger partial charge on any atom is 0.265 e. The zero-order valence-corrected chi connectivity index (χ0v) is 28.4. The molecule has 2 aliphatic heterocycles. The van der Waals surface area contributed by atoms with E-state index in [0.29, 0.717) is 84.2 Å². The van der Waals surface area contributed by atoms with Crippen LogP contribution in [0.4, 0.5) is 4.39 Å². The van der Waals surface area contributed by atoms with Gasteiger partial charge in [0.15, 0.2) is 0 Å². The zero-order chi connectivity index (χ0) is 34.3. The molecule has 1 N–H and O–H groups in total. The lowest BCUT2D eigenvalue weighted by Crippen LogP contribution is -2.53. The van der Waals surface area contributed by atoms with E-state index in [1.807, 2.05) is 52.9 Å². The van der Waals surface area contributed by atoms with Crippen molar-refractivity contribution < 1.29 is 19.1 Å².